The van der Waals surface area contributed by atoms with Crippen LogP contribution in [-0.4, -0.2) is 96.4 Å². The van der Waals surface area contributed by atoms with Gasteiger partial charge in [-0.2, -0.15) is 0 Å². The molecule has 0 aliphatic carbocycles. The van der Waals surface area contributed by atoms with Crippen molar-refractivity contribution in [3.63, 3.8) is 0 Å². The Hall–Kier alpha value is -3.09. The van der Waals surface area contributed by atoms with Crippen LogP contribution in [0, 0.1) is 11.8 Å². The summed E-state index contributed by atoms with van der Waals surface area (Å²) in [5.41, 5.74) is 0.746. The number of anilines is 2. The third kappa shape index (κ3) is 8.13. The average molecular weight is 658 g/mol. The predicted octanol–water partition coefficient (Wildman–Crippen LogP) is 4.88. The predicted molar refractivity (Wildman–Crippen MR) is 164 cm³/mol. The zero-order valence-electron chi connectivity index (χ0n) is 24.4. The van der Waals surface area contributed by atoms with Gasteiger partial charge in [0.25, 0.3) is 6.43 Å². The van der Waals surface area contributed by atoms with Gasteiger partial charge in [0.1, 0.15) is 11.9 Å². The second-order valence-electron chi connectivity index (χ2n) is 10.5. The van der Waals surface area contributed by atoms with Gasteiger partial charge in [0, 0.05) is 50.0 Å². The van der Waals surface area contributed by atoms with E-state index in [2.05, 4.69) is 22.5 Å². The lowest BCUT2D eigenvalue weighted by Crippen LogP contribution is -2.50. The van der Waals surface area contributed by atoms with Gasteiger partial charge >= 0.3 is 0 Å². The van der Waals surface area contributed by atoms with Gasteiger partial charge in [-0.25, -0.2) is 26.0 Å². The van der Waals surface area contributed by atoms with E-state index in [1.807, 2.05) is 4.90 Å². The molecule has 240 valence electrons. The third-order valence-corrected chi connectivity index (χ3v) is 9.50. The zero-order chi connectivity index (χ0) is 32.0. The quantitative estimate of drug-likeness (QED) is 0.187. The SMILES string of the molecule is COCC(O)CN1CCC(Nc2cccc3c(C(F)C(F)F)c(C#CCNc4ccc(S(C)(=O)=O)cc4OC)sc23)C(F)C1. The summed E-state index contributed by atoms with van der Waals surface area (Å²) in [7, 11) is -0.572. The number of piperidine rings is 1. The Morgan fingerprint density at radius 3 is 2.61 bits per heavy atom. The Balaban J connectivity index is 1.55. The van der Waals surface area contributed by atoms with E-state index in [4.69, 9.17) is 9.47 Å². The Kier molecular flexibility index (Phi) is 11.4. The molecule has 0 amide bonds. The van der Waals surface area contributed by atoms with Gasteiger partial charge in [-0.05, 0) is 24.6 Å². The van der Waals surface area contributed by atoms with Crippen molar-refractivity contribution in [3.05, 3.63) is 46.8 Å². The number of ether oxygens (including phenoxy) is 2. The van der Waals surface area contributed by atoms with Gasteiger partial charge in [0.2, 0.25) is 0 Å². The molecule has 1 fully saturated rings. The molecule has 0 radical (unpaired) electrons. The minimum Gasteiger partial charge on any atom is -0.495 e. The van der Waals surface area contributed by atoms with E-state index >= 15 is 4.39 Å². The first-order valence-electron chi connectivity index (χ1n) is 13.8. The van der Waals surface area contributed by atoms with Crippen LogP contribution in [0.25, 0.3) is 10.1 Å². The monoisotopic (exact) mass is 657 g/mol. The van der Waals surface area contributed by atoms with Crippen LogP contribution in [0.1, 0.15) is 23.0 Å². The molecule has 1 saturated heterocycles. The molecule has 3 aromatic rings. The number of halogens is 4. The van der Waals surface area contributed by atoms with Crippen molar-refractivity contribution in [2.75, 3.05) is 63.9 Å². The number of β-amino-alcohol motifs (C(OH)–C–C–N with tert-alkyl or cyclic N) is 1. The average Bonchev–Trinajstić information content (AvgIpc) is 3.34. The number of aliphatic hydroxyl groups is 1. The number of alkyl halides is 4. The molecule has 0 bridgehead atoms. The second-order valence-corrected chi connectivity index (χ2v) is 13.5. The first-order valence-corrected chi connectivity index (χ1v) is 16.5. The summed E-state index contributed by atoms with van der Waals surface area (Å²) in [5, 5.41) is 16.5. The van der Waals surface area contributed by atoms with Crippen LogP contribution in [0.3, 0.4) is 0 Å². The molecule has 4 rings (SSSR count). The van der Waals surface area contributed by atoms with Crippen molar-refractivity contribution in [2.24, 2.45) is 0 Å². The van der Waals surface area contributed by atoms with Crippen LogP contribution in [0.5, 0.6) is 5.75 Å². The number of rotatable bonds is 12. The van der Waals surface area contributed by atoms with Crippen molar-refractivity contribution in [1.82, 2.24) is 4.90 Å². The third-order valence-electron chi connectivity index (χ3n) is 7.22. The fourth-order valence-corrected chi connectivity index (χ4v) is 6.92. The fraction of sp³-hybridized carbons (Fsp3) is 0.467. The summed E-state index contributed by atoms with van der Waals surface area (Å²) in [6.45, 7) is 1.10. The van der Waals surface area contributed by atoms with Crippen LogP contribution in [0.2, 0.25) is 0 Å². The lowest BCUT2D eigenvalue weighted by Gasteiger charge is -2.36. The summed E-state index contributed by atoms with van der Waals surface area (Å²) >= 11 is 1.05. The topological polar surface area (TPSA) is 100 Å². The number of fused-ring (bicyclic) bond motifs is 1. The number of nitrogens with zero attached hydrogens (tertiary/aromatic N) is 1. The highest BCUT2D eigenvalue weighted by Gasteiger charge is 2.32. The van der Waals surface area contributed by atoms with Gasteiger partial charge in [0.15, 0.2) is 16.0 Å². The van der Waals surface area contributed by atoms with E-state index in [0.29, 0.717) is 29.0 Å². The van der Waals surface area contributed by atoms with Gasteiger partial charge in [0.05, 0.1) is 58.3 Å². The summed E-state index contributed by atoms with van der Waals surface area (Å²) in [6, 6.07) is 8.60. The minimum absolute atomic E-state index is 0.0280. The van der Waals surface area contributed by atoms with E-state index in [1.165, 1.54) is 32.4 Å². The number of methoxy groups -OCH3 is 2. The smallest absolute Gasteiger partial charge is 0.273 e. The van der Waals surface area contributed by atoms with Crippen LogP contribution >= 0.6 is 11.3 Å². The number of nitrogens with one attached hydrogen (secondary N) is 2. The van der Waals surface area contributed by atoms with Gasteiger partial charge in [-0.1, -0.05) is 24.0 Å². The Labute approximate surface area is 258 Å². The van der Waals surface area contributed by atoms with Crippen molar-refractivity contribution in [1.29, 1.82) is 0 Å². The molecular weight excluding hydrogens is 622 g/mol. The molecule has 14 heteroatoms. The molecule has 1 aliphatic heterocycles. The van der Waals surface area contributed by atoms with Crippen molar-refractivity contribution >= 4 is 42.6 Å². The first-order chi connectivity index (χ1) is 20.9. The van der Waals surface area contributed by atoms with Crippen molar-refractivity contribution in [2.45, 2.75) is 42.2 Å². The van der Waals surface area contributed by atoms with E-state index in [-0.39, 0.29) is 52.7 Å². The molecule has 4 unspecified atom stereocenters. The number of thiophene rings is 1. The standard InChI is InChI=1S/C30H35F4N3O5S2/c1-41-17-18(38)15-37-13-11-22(21(31)16-37)36-24-7-4-6-20-27(28(32)30(33)34)26(43-29(20)24)8-5-12-35-23-10-9-19(44(3,39)40)14-25(23)42-2/h4,6-7,9-10,14,18,21-22,28,30,35-36,38H,11-13,15-17H2,1-3H3. The first kappa shape index (κ1) is 33.8. The number of aliphatic hydroxyl groups excluding tert-OH is 1. The second kappa shape index (κ2) is 14.8. The molecule has 1 aliphatic rings. The van der Waals surface area contributed by atoms with Gasteiger partial charge in [-0.3, -0.25) is 4.90 Å². The molecular formula is C30H35F4N3O5S2. The normalized spacial score (nSPS) is 18.9. The highest BCUT2D eigenvalue weighted by Crippen LogP contribution is 2.42. The molecule has 3 N–H and O–H groups in total. The maximum atomic E-state index is 15.2. The van der Waals surface area contributed by atoms with E-state index < -0.39 is 40.8 Å². The fourth-order valence-electron chi connectivity index (χ4n) is 5.10. The number of hydrogen-bond donors (Lipinski definition) is 3. The van der Waals surface area contributed by atoms with E-state index in [9.17, 15) is 26.7 Å². The maximum absolute atomic E-state index is 15.2. The van der Waals surface area contributed by atoms with Crippen LogP contribution in [0.4, 0.5) is 28.9 Å². The summed E-state index contributed by atoms with van der Waals surface area (Å²) in [6.07, 6.45) is -6.32. The Morgan fingerprint density at radius 1 is 1.18 bits per heavy atom. The molecule has 4 atom stereocenters. The van der Waals surface area contributed by atoms with Gasteiger partial charge in [-0.15, -0.1) is 11.3 Å². The van der Waals surface area contributed by atoms with E-state index in [0.717, 1.165) is 17.6 Å². The largest absolute Gasteiger partial charge is 0.495 e. The highest BCUT2D eigenvalue weighted by atomic mass is 32.2. The Morgan fingerprint density at radius 2 is 1.95 bits per heavy atom. The molecule has 8 nitrogen and oxygen atoms in total. The molecule has 2 heterocycles. The van der Waals surface area contributed by atoms with Crippen LogP contribution in [-0.2, 0) is 14.6 Å². The Bertz CT molecular complexity index is 1610. The van der Waals surface area contributed by atoms with Crippen LogP contribution < -0.4 is 15.4 Å². The molecule has 1 aromatic heterocycles. The maximum Gasteiger partial charge on any atom is 0.273 e. The molecule has 0 saturated carbocycles. The summed E-state index contributed by atoms with van der Waals surface area (Å²) < 4.78 is 91.7. The number of sulfone groups is 1. The van der Waals surface area contributed by atoms with Crippen molar-refractivity contribution in [3.8, 4) is 17.6 Å². The number of benzene rings is 2. The summed E-state index contributed by atoms with van der Waals surface area (Å²) in [5.74, 6) is 5.91. The van der Waals surface area contributed by atoms with E-state index in [1.54, 1.807) is 18.2 Å². The number of hydrogen-bond acceptors (Lipinski definition) is 9. The lowest BCUT2D eigenvalue weighted by molar-refractivity contribution is 0.0215. The number of likely N-dealkylation sites (tertiary alicyclic amines) is 1. The van der Waals surface area contributed by atoms with Crippen LogP contribution in [0.15, 0.2) is 41.3 Å². The molecule has 44 heavy (non-hydrogen) atoms. The zero-order valence-corrected chi connectivity index (χ0v) is 26.1. The minimum atomic E-state index is -3.44. The van der Waals surface area contributed by atoms with Gasteiger partial charge < -0.3 is 25.2 Å². The highest BCUT2D eigenvalue weighted by molar-refractivity contribution is 7.90. The molecule has 0 spiro atoms. The lowest BCUT2D eigenvalue weighted by atomic mass is 10.0. The van der Waals surface area contributed by atoms with Crippen molar-refractivity contribution < 1.29 is 40.6 Å². The summed E-state index contributed by atoms with van der Waals surface area (Å²) in [4.78, 5) is 2.03. The molecule has 2 aromatic carbocycles.